The number of halogens is 1. The van der Waals surface area contributed by atoms with Gasteiger partial charge in [-0.3, -0.25) is 4.89 Å². The van der Waals surface area contributed by atoms with E-state index in [0.717, 1.165) is 18.4 Å². The van der Waals surface area contributed by atoms with E-state index in [1.54, 1.807) is 36.4 Å². The van der Waals surface area contributed by atoms with Crippen LogP contribution in [0.5, 0.6) is 17.2 Å². The molecule has 0 aliphatic carbocycles. The molecule has 2 aromatic carbocycles. The molecule has 0 radical (unpaired) electrons. The Labute approximate surface area is 201 Å². The molecule has 5 nitrogen and oxygen atoms in total. The van der Waals surface area contributed by atoms with Crippen LogP contribution in [0, 0.1) is 0 Å². The predicted molar refractivity (Wildman–Crippen MR) is 134 cm³/mol. The fourth-order valence-corrected chi connectivity index (χ4v) is 4.52. The van der Waals surface area contributed by atoms with Crippen molar-refractivity contribution in [2.45, 2.75) is 76.5 Å². The topological polar surface area (TPSA) is 65.0 Å². The lowest BCUT2D eigenvalue weighted by Gasteiger charge is -2.15. The van der Waals surface area contributed by atoms with Gasteiger partial charge in [0.25, 0.3) is 0 Å². The number of phosphoric ester groups is 1. The van der Waals surface area contributed by atoms with Crippen molar-refractivity contribution >= 4 is 23.8 Å². The van der Waals surface area contributed by atoms with Crippen LogP contribution in [0.2, 0.25) is 0 Å². The van der Waals surface area contributed by atoms with Crippen LogP contribution in [-0.4, -0.2) is 11.5 Å². The summed E-state index contributed by atoms with van der Waals surface area (Å²) in [5.74, 6) is 1.12. The van der Waals surface area contributed by atoms with Gasteiger partial charge in [-0.25, -0.2) is 4.57 Å². The van der Waals surface area contributed by atoms with Gasteiger partial charge in [0, 0.05) is 11.4 Å². The Morgan fingerprint density at radius 1 is 0.781 bits per heavy atom. The molecule has 0 aliphatic heterocycles. The Kier molecular flexibility index (Phi) is 12.8. The fourth-order valence-electron chi connectivity index (χ4n) is 3.37. The number of phosphoric acid groups is 1. The van der Waals surface area contributed by atoms with Crippen molar-refractivity contribution in [3.8, 4) is 17.2 Å². The van der Waals surface area contributed by atoms with Gasteiger partial charge in [-0.2, -0.15) is 0 Å². The Bertz CT molecular complexity index is 829. The maximum Gasteiger partial charge on any atom is 0.584 e. The molecule has 7 heteroatoms. The minimum absolute atomic E-state index is 0.230. The van der Waals surface area contributed by atoms with Gasteiger partial charge >= 0.3 is 7.82 Å². The molecule has 0 aliphatic rings. The van der Waals surface area contributed by atoms with Gasteiger partial charge in [0.05, 0.1) is 6.61 Å². The second-order valence-electron chi connectivity index (χ2n) is 7.94. The zero-order valence-corrected chi connectivity index (χ0v) is 21.5. The van der Waals surface area contributed by atoms with Crippen LogP contribution >= 0.6 is 23.8 Å². The molecule has 0 saturated heterocycles. The molecular weight excluding hydrogens is 491 g/mol. The van der Waals surface area contributed by atoms with Gasteiger partial charge in [-0.05, 0) is 36.2 Å². The quantitative estimate of drug-likeness (QED) is 0.127. The van der Waals surface area contributed by atoms with Crippen molar-refractivity contribution in [2.24, 2.45) is 0 Å². The van der Waals surface area contributed by atoms with Crippen molar-refractivity contribution in [3.05, 3.63) is 54.1 Å². The number of unbranched alkanes of at least 4 members (excludes halogenated alkanes) is 9. The van der Waals surface area contributed by atoms with E-state index in [2.05, 4.69) is 22.9 Å². The summed E-state index contributed by atoms with van der Waals surface area (Å²) in [6.45, 7) is 2.86. The highest BCUT2D eigenvalue weighted by Gasteiger charge is 2.25. The van der Waals surface area contributed by atoms with Gasteiger partial charge in [0.1, 0.15) is 17.2 Å². The molecule has 0 saturated carbocycles. The van der Waals surface area contributed by atoms with Gasteiger partial charge in [0.15, 0.2) is 0 Å². The first-order valence-electron chi connectivity index (χ1n) is 11.6. The lowest BCUT2D eigenvalue weighted by molar-refractivity contribution is 0.287. The van der Waals surface area contributed by atoms with Crippen molar-refractivity contribution in [1.82, 2.24) is 0 Å². The molecule has 0 amide bonds. The third-order valence-electron chi connectivity index (χ3n) is 5.07. The van der Waals surface area contributed by atoms with E-state index in [1.807, 2.05) is 12.1 Å². The summed E-state index contributed by atoms with van der Waals surface area (Å²) in [6, 6.07) is 13.7. The predicted octanol–water partition coefficient (Wildman–Crippen LogP) is 8.44. The minimum atomic E-state index is -4.31. The standard InChI is InChI=1S/C25H36BrO5P/c1-2-3-4-5-6-7-8-9-10-11-18-29-23-15-13-17-25(20-23)31-32(27,28)30-24-16-12-14-22(19-24)21-26/h12-17,19-20H,2-11,18,21H2,1H3,(H,27,28). The van der Waals surface area contributed by atoms with E-state index in [4.69, 9.17) is 13.8 Å². The lowest BCUT2D eigenvalue weighted by atomic mass is 10.1. The maximum atomic E-state index is 12.4. The smallest absolute Gasteiger partial charge is 0.493 e. The first kappa shape index (κ1) is 26.8. The van der Waals surface area contributed by atoms with Crippen LogP contribution in [0.1, 0.15) is 76.7 Å². The number of ether oxygens (including phenoxy) is 1. The Balaban J connectivity index is 1.67. The molecule has 0 bridgehead atoms. The normalized spacial score (nSPS) is 12.8. The highest BCUT2D eigenvalue weighted by atomic mass is 79.9. The zero-order valence-electron chi connectivity index (χ0n) is 19.0. The second-order valence-corrected chi connectivity index (χ2v) is 9.80. The molecule has 1 atom stereocenters. The van der Waals surface area contributed by atoms with Gasteiger partial charge in [-0.1, -0.05) is 98.8 Å². The minimum Gasteiger partial charge on any atom is -0.493 e. The molecule has 0 fully saturated rings. The highest BCUT2D eigenvalue weighted by molar-refractivity contribution is 9.08. The third kappa shape index (κ3) is 11.4. The number of hydrogen-bond acceptors (Lipinski definition) is 4. The Morgan fingerprint density at radius 2 is 1.31 bits per heavy atom. The van der Waals surface area contributed by atoms with Crippen molar-refractivity contribution < 1.29 is 23.2 Å². The summed E-state index contributed by atoms with van der Waals surface area (Å²) in [5, 5.41) is 0.624. The SMILES string of the molecule is CCCCCCCCCCCCOc1cccc(OP(=O)(O)Oc2cccc(CBr)c2)c1. The van der Waals surface area contributed by atoms with Crippen molar-refractivity contribution in [3.63, 3.8) is 0 Å². The largest absolute Gasteiger partial charge is 0.584 e. The van der Waals surface area contributed by atoms with Gasteiger partial charge < -0.3 is 13.8 Å². The molecule has 1 unspecified atom stereocenters. The number of alkyl halides is 1. The van der Waals surface area contributed by atoms with Gasteiger partial charge in [-0.15, -0.1) is 0 Å². The van der Waals surface area contributed by atoms with Crippen LogP contribution < -0.4 is 13.8 Å². The Hall–Kier alpha value is -1.49. The maximum absolute atomic E-state index is 12.4. The number of benzene rings is 2. The first-order chi connectivity index (χ1) is 15.5. The monoisotopic (exact) mass is 526 g/mol. The van der Waals surface area contributed by atoms with E-state index in [9.17, 15) is 9.46 Å². The first-order valence-corrected chi connectivity index (χ1v) is 14.2. The van der Waals surface area contributed by atoms with Crippen molar-refractivity contribution in [2.75, 3.05) is 6.61 Å². The zero-order chi connectivity index (χ0) is 23.1. The highest BCUT2D eigenvalue weighted by Crippen LogP contribution is 2.45. The molecule has 0 aromatic heterocycles. The van der Waals surface area contributed by atoms with Crippen molar-refractivity contribution in [1.29, 1.82) is 0 Å². The summed E-state index contributed by atoms with van der Waals surface area (Å²) in [5.41, 5.74) is 0.935. The summed E-state index contributed by atoms with van der Waals surface area (Å²) >= 11 is 3.35. The third-order valence-corrected chi connectivity index (χ3v) is 6.60. The van der Waals surface area contributed by atoms with E-state index in [-0.39, 0.29) is 11.5 Å². The summed E-state index contributed by atoms with van der Waals surface area (Å²) < 4.78 is 28.6. The van der Waals surface area contributed by atoms with Gasteiger partial charge in [0.2, 0.25) is 0 Å². The molecule has 2 rings (SSSR count). The van der Waals surface area contributed by atoms with Crippen LogP contribution in [0.3, 0.4) is 0 Å². The second kappa shape index (κ2) is 15.4. The average molecular weight is 527 g/mol. The van der Waals surface area contributed by atoms with Crippen LogP contribution in [0.15, 0.2) is 48.5 Å². The van der Waals surface area contributed by atoms with E-state index >= 15 is 0 Å². The average Bonchev–Trinajstić information content (AvgIpc) is 2.77. The fraction of sp³-hybridized carbons (Fsp3) is 0.520. The van der Waals surface area contributed by atoms with Crippen LogP contribution in [0.4, 0.5) is 0 Å². The summed E-state index contributed by atoms with van der Waals surface area (Å²) in [6.07, 6.45) is 12.7. The van der Waals surface area contributed by atoms with Crippen LogP contribution in [0.25, 0.3) is 0 Å². The number of hydrogen-bond donors (Lipinski definition) is 1. The molecule has 32 heavy (non-hydrogen) atoms. The van der Waals surface area contributed by atoms with E-state index < -0.39 is 7.82 Å². The molecule has 2 aromatic rings. The lowest BCUT2D eigenvalue weighted by Crippen LogP contribution is -2.01. The molecule has 178 valence electrons. The molecule has 1 N–H and O–H groups in total. The van der Waals surface area contributed by atoms with E-state index in [1.165, 1.54) is 51.4 Å². The van der Waals surface area contributed by atoms with E-state index in [0.29, 0.717) is 17.7 Å². The molecular formula is C25H36BrO5P. The molecule has 0 spiro atoms. The Morgan fingerprint density at radius 3 is 1.94 bits per heavy atom. The number of rotatable bonds is 17. The summed E-state index contributed by atoms with van der Waals surface area (Å²) in [7, 11) is -4.31. The molecule has 0 heterocycles. The van der Waals surface area contributed by atoms with Crippen LogP contribution in [-0.2, 0) is 9.90 Å². The summed E-state index contributed by atoms with van der Waals surface area (Å²) in [4.78, 5) is 10.1.